The average molecular weight is 171 g/mol. The summed E-state index contributed by atoms with van der Waals surface area (Å²) in [6.45, 7) is 5.78. The first kappa shape index (κ1) is 12.0. The summed E-state index contributed by atoms with van der Waals surface area (Å²) in [7, 11) is 2.03. The molecular weight excluding hydrogens is 146 g/mol. The molecule has 0 aliphatic rings. The van der Waals surface area contributed by atoms with E-state index < -0.39 is 0 Å². The Kier molecular flexibility index (Phi) is 9.02. The standard InChI is InChI=1S/C11H25N/c1-4-6-8-11(5-2)9-7-10-12-3/h11-12H,4-10H2,1-3H3/t11-/m0/s1. The van der Waals surface area contributed by atoms with E-state index in [9.17, 15) is 0 Å². The van der Waals surface area contributed by atoms with Crippen LogP contribution < -0.4 is 5.32 Å². The van der Waals surface area contributed by atoms with Crippen LogP contribution in [0, 0.1) is 5.92 Å². The molecule has 0 unspecified atom stereocenters. The van der Waals surface area contributed by atoms with Crippen molar-refractivity contribution in [3.63, 3.8) is 0 Å². The van der Waals surface area contributed by atoms with Gasteiger partial charge in [0.05, 0.1) is 0 Å². The largest absolute Gasteiger partial charge is 0.320 e. The highest BCUT2D eigenvalue weighted by Gasteiger charge is 2.04. The fourth-order valence-electron chi connectivity index (χ4n) is 1.61. The van der Waals surface area contributed by atoms with Crippen LogP contribution in [0.3, 0.4) is 0 Å². The zero-order valence-electron chi connectivity index (χ0n) is 9.03. The van der Waals surface area contributed by atoms with Crippen molar-refractivity contribution in [3.05, 3.63) is 0 Å². The Morgan fingerprint density at radius 2 is 1.75 bits per heavy atom. The molecule has 0 fully saturated rings. The SMILES string of the molecule is CCCC[C@H](CC)CCCNC. The number of rotatable bonds is 8. The Balaban J connectivity index is 3.26. The molecule has 12 heavy (non-hydrogen) atoms. The maximum absolute atomic E-state index is 3.20. The van der Waals surface area contributed by atoms with E-state index in [2.05, 4.69) is 19.2 Å². The van der Waals surface area contributed by atoms with Gasteiger partial charge in [0.1, 0.15) is 0 Å². The van der Waals surface area contributed by atoms with E-state index in [4.69, 9.17) is 0 Å². The Hall–Kier alpha value is -0.0400. The zero-order valence-corrected chi connectivity index (χ0v) is 9.03. The van der Waals surface area contributed by atoms with Gasteiger partial charge in [-0.15, -0.1) is 0 Å². The molecule has 0 spiro atoms. The summed E-state index contributed by atoms with van der Waals surface area (Å²) in [6.07, 6.45) is 8.33. The quantitative estimate of drug-likeness (QED) is 0.553. The number of nitrogens with one attached hydrogen (secondary N) is 1. The molecule has 0 aliphatic carbocycles. The van der Waals surface area contributed by atoms with Gasteiger partial charge >= 0.3 is 0 Å². The van der Waals surface area contributed by atoms with E-state index in [0.717, 1.165) is 5.92 Å². The van der Waals surface area contributed by atoms with Gasteiger partial charge in [0, 0.05) is 0 Å². The lowest BCUT2D eigenvalue weighted by Gasteiger charge is -2.13. The molecule has 0 heterocycles. The van der Waals surface area contributed by atoms with E-state index in [-0.39, 0.29) is 0 Å². The summed E-state index contributed by atoms with van der Waals surface area (Å²) in [5.74, 6) is 0.985. The third-order valence-corrected chi connectivity index (χ3v) is 2.58. The average Bonchev–Trinajstić information content (AvgIpc) is 2.11. The molecule has 0 aromatic heterocycles. The van der Waals surface area contributed by atoms with Crippen molar-refractivity contribution in [1.82, 2.24) is 5.32 Å². The molecule has 0 saturated carbocycles. The van der Waals surface area contributed by atoms with Gasteiger partial charge in [0.15, 0.2) is 0 Å². The first-order valence-electron chi connectivity index (χ1n) is 5.49. The minimum absolute atomic E-state index is 0.985. The number of unbranched alkanes of at least 4 members (excludes halogenated alkanes) is 1. The minimum Gasteiger partial charge on any atom is -0.320 e. The molecule has 74 valence electrons. The Morgan fingerprint density at radius 3 is 2.25 bits per heavy atom. The Labute approximate surface area is 77.9 Å². The normalized spacial score (nSPS) is 13.2. The number of hydrogen-bond donors (Lipinski definition) is 1. The van der Waals surface area contributed by atoms with Crippen molar-refractivity contribution in [2.75, 3.05) is 13.6 Å². The summed E-state index contributed by atoms with van der Waals surface area (Å²) in [5.41, 5.74) is 0. The highest BCUT2D eigenvalue weighted by molar-refractivity contribution is 4.58. The van der Waals surface area contributed by atoms with Crippen molar-refractivity contribution < 1.29 is 0 Å². The topological polar surface area (TPSA) is 12.0 Å². The lowest BCUT2D eigenvalue weighted by Crippen LogP contribution is -2.09. The fraction of sp³-hybridized carbons (Fsp3) is 1.00. The van der Waals surface area contributed by atoms with Crippen LogP contribution >= 0.6 is 0 Å². The lowest BCUT2D eigenvalue weighted by atomic mass is 9.94. The van der Waals surface area contributed by atoms with Gasteiger partial charge in [0.25, 0.3) is 0 Å². The number of hydrogen-bond acceptors (Lipinski definition) is 1. The van der Waals surface area contributed by atoms with Gasteiger partial charge < -0.3 is 5.32 Å². The Bertz CT molecular complexity index is 81.1. The molecule has 1 atom stereocenters. The third-order valence-electron chi connectivity index (χ3n) is 2.58. The molecule has 0 aliphatic heterocycles. The van der Waals surface area contributed by atoms with Crippen LogP contribution in [0.4, 0.5) is 0 Å². The van der Waals surface area contributed by atoms with E-state index in [1.54, 1.807) is 0 Å². The molecule has 0 radical (unpaired) electrons. The second-order valence-corrected chi connectivity index (χ2v) is 3.66. The maximum Gasteiger partial charge on any atom is -0.00518 e. The molecular formula is C11H25N. The van der Waals surface area contributed by atoms with Gasteiger partial charge in [-0.1, -0.05) is 39.5 Å². The predicted molar refractivity (Wildman–Crippen MR) is 56.5 cm³/mol. The molecule has 0 saturated heterocycles. The predicted octanol–water partition coefficient (Wildman–Crippen LogP) is 3.20. The van der Waals surface area contributed by atoms with Gasteiger partial charge in [-0.2, -0.15) is 0 Å². The summed E-state index contributed by atoms with van der Waals surface area (Å²) < 4.78 is 0. The van der Waals surface area contributed by atoms with E-state index in [1.165, 1.54) is 45.1 Å². The molecule has 1 nitrogen and oxygen atoms in total. The lowest BCUT2D eigenvalue weighted by molar-refractivity contribution is 0.407. The van der Waals surface area contributed by atoms with Crippen molar-refractivity contribution in [1.29, 1.82) is 0 Å². The summed E-state index contributed by atoms with van der Waals surface area (Å²) in [6, 6.07) is 0. The summed E-state index contributed by atoms with van der Waals surface area (Å²) in [4.78, 5) is 0. The van der Waals surface area contributed by atoms with Crippen molar-refractivity contribution >= 4 is 0 Å². The first-order chi connectivity index (χ1) is 5.85. The molecule has 0 rings (SSSR count). The van der Waals surface area contributed by atoms with Crippen molar-refractivity contribution in [2.45, 2.75) is 52.4 Å². The maximum atomic E-state index is 3.20. The zero-order chi connectivity index (χ0) is 9.23. The molecule has 1 N–H and O–H groups in total. The Morgan fingerprint density at radius 1 is 1.08 bits per heavy atom. The van der Waals surface area contributed by atoms with Crippen molar-refractivity contribution in [3.8, 4) is 0 Å². The van der Waals surface area contributed by atoms with E-state index in [1.807, 2.05) is 7.05 Å². The van der Waals surface area contributed by atoms with Gasteiger partial charge in [-0.25, -0.2) is 0 Å². The molecule has 0 aromatic rings. The van der Waals surface area contributed by atoms with Crippen LogP contribution in [-0.4, -0.2) is 13.6 Å². The van der Waals surface area contributed by atoms with Crippen LogP contribution in [0.5, 0.6) is 0 Å². The van der Waals surface area contributed by atoms with Crippen LogP contribution in [0.2, 0.25) is 0 Å². The van der Waals surface area contributed by atoms with Crippen LogP contribution in [-0.2, 0) is 0 Å². The highest BCUT2D eigenvalue weighted by atomic mass is 14.8. The fourth-order valence-corrected chi connectivity index (χ4v) is 1.61. The van der Waals surface area contributed by atoms with E-state index >= 15 is 0 Å². The smallest absolute Gasteiger partial charge is 0.00518 e. The van der Waals surface area contributed by atoms with Crippen molar-refractivity contribution in [2.24, 2.45) is 5.92 Å². The van der Waals surface area contributed by atoms with E-state index in [0.29, 0.717) is 0 Å². The van der Waals surface area contributed by atoms with Crippen LogP contribution in [0.25, 0.3) is 0 Å². The second-order valence-electron chi connectivity index (χ2n) is 3.66. The van der Waals surface area contributed by atoms with Crippen LogP contribution in [0.15, 0.2) is 0 Å². The molecule has 0 aromatic carbocycles. The highest BCUT2D eigenvalue weighted by Crippen LogP contribution is 2.17. The molecule has 1 heteroatoms. The van der Waals surface area contributed by atoms with Gasteiger partial charge in [0.2, 0.25) is 0 Å². The second kappa shape index (κ2) is 9.05. The summed E-state index contributed by atoms with van der Waals surface area (Å²) in [5, 5.41) is 3.20. The third kappa shape index (κ3) is 6.66. The molecule has 0 amide bonds. The monoisotopic (exact) mass is 171 g/mol. The van der Waals surface area contributed by atoms with Gasteiger partial charge in [-0.05, 0) is 32.4 Å². The molecule has 0 bridgehead atoms. The minimum atomic E-state index is 0.985. The van der Waals surface area contributed by atoms with Gasteiger partial charge in [-0.3, -0.25) is 0 Å². The summed E-state index contributed by atoms with van der Waals surface area (Å²) >= 11 is 0. The first-order valence-corrected chi connectivity index (χ1v) is 5.49. The van der Waals surface area contributed by atoms with Crippen LogP contribution in [0.1, 0.15) is 52.4 Å².